The molecule has 0 bridgehead atoms. The summed E-state index contributed by atoms with van der Waals surface area (Å²) in [6.07, 6.45) is 5.09. The molecule has 6 nitrogen and oxygen atoms in total. The molecule has 2 N–H and O–H groups in total. The fraction of sp³-hybridized carbons (Fsp3) is 0.533. The molecule has 0 saturated heterocycles. The number of hydrogen-bond acceptors (Lipinski definition) is 5. The van der Waals surface area contributed by atoms with Gasteiger partial charge >= 0.3 is 5.97 Å². The monoisotopic (exact) mass is 294 g/mol. The lowest BCUT2D eigenvalue weighted by Crippen LogP contribution is -2.16. The molecule has 1 rings (SSSR count). The van der Waals surface area contributed by atoms with E-state index in [0.29, 0.717) is 0 Å². The number of unbranched alkanes of at least 4 members (excludes halogenated alkanes) is 3. The van der Waals surface area contributed by atoms with Gasteiger partial charge in [-0.3, -0.25) is 10.1 Å². The number of nitro benzene ring substituents is 1. The highest BCUT2D eigenvalue weighted by atomic mass is 16.6. The SMILES string of the molecule is CCCCCCC(C)OC(=O)c1ccc([N+](=O)[O-])cc1N. The first-order chi connectivity index (χ1) is 9.95. The maximum Gasteiger partial charge on any atom is 0.340 e. The van der Waals surface area contributed by atoms with Gasteiger partial charge in [0.1, 0.15) is 0 Å². The summed E-state index contributed by atoms with van der Waals surface area (Å²) in [7, 11) is 0. The number of hydrogen-bond donors (Lipinski definition) is 1. The normalized spacial score (nSPS) is 11.9. The summed E-state index contributed by atoms with van der Waals surface area (Å²) in [6, 6.07) is 3.75. The first-order valence-corrected chi connectivity index (χ1v) is 7.20. The summed E-state index contributed by atoms with van der Waals surface area (Å²) in [5.74, 6) is -0.537. The summed E-state index contributed by atoms with van der Waals surface area (Å²) < 4.78 is 5.31. The predicted octanol–water partition coefficient (Wildman–Crippen LogP) is 3.69. The molecular weight excluding hydrogens is 272 g/mol. The van der Waals surface area contributed by atoms with Gasteiger partial charge in [0.05, 0.1) is 22.3 Å². The number of nitrogens with zero attached hydrogens (tertiary/aromatic N) is 1. The van der Waals surface area contributed by atoms with E-state index in [1.165, 1.54) is 24.6 Å². The second-order valence-electron chi connectivity index (χ2n) is 5.09. The van der Waals surface area contributed by atoms with E-state index in [1.807, 2.05) is 6.92 Å². The third-order valence-electron chi connectivity index (χ3n) is 3.24. The van der Waals surface area contributed by atoms with Crippen molar-refractivity contribution in [2.45, 2.75) is 52.1 Å². The molecule has 1 aromatic rings. The van der Waals surface area contributed by atoms with Gasteiger partial charge in [-0.2, -0.15) is 0 Å². The minimum absolute atomic E-state index is 0.0624. The maximum atomic E-state index is 12.0. The molecule has 0 amide bonds. The Kier molecular flexibility index (Phi) is 6.65. The van der Waals surface area contributed by atoms with Gasteiger partial charge in [-0.05, 0) is 25.8 Å². The number of esters is 1. The largest absolute Gasteiger partial charge is 0.459 e. The van der Waals surface area contributed by atoms with Crippen molar-refractivity contribution in [1.82, 2.24) is 0 Å². The molecule has 0 aliphatic rings. The van der Waals surface area contributed by atoms with Crippen LogP contribution in [0.15, 0.2) is 18.2 Å². The van der Waals surface area contributed by atoms with E-state index in [-0.39, 0.29) is 23.0 Å². The molecule has 0 radical (unpaired) electrons. The minimum atomic E-state index is -0.554. The standard InChI is InChI=1S/C15H22N2O4/c1-3-4-5-6-7-11(2)21-15(18)13-9-8-12(17(19)20)10-14(13)16/h8-11H,3-7,16H2,1-2H3. The van der Waals surface area contributed by atoms with E-state index in [0.717, 1.165) is 25.7 Å². The Balaban J connectivity index is 2.57. The average Bonchev–Trinajstić information content (AvgIpc) is 2.43. The molecule has 116 valence electrons. The summed E-state index contributed by atoms with van der Waals surface area (Å²) in [6.45, 7) is 3.98. The molecule has 0 fully saturated rings. The Morgan fingerprint density at radius 2 is 2.10 bits per heavy atom. The topological polar surface area (TPSA) is 95.5 Å². The van der Waals surface area contributed by atoms with Crippen molar-refractivity contribution in [2.75, 3.05) is 5.73 Å². The fourth-order valence-electron chi connectivity index (χ4n) is 2.01. The van der Waals surface area contributed by atoms with Crippen LogP contribution in [0.2, 0.25) is 0 Å². The number of non-ortho nitro benzene ring substituents is 1. The van der Waals surface area contributed by atoms with Crippen LogP contribution in [0.5, 0.6) is 0 Å². The Bertz CT molecular complexity index is 502. The van der Waals surface area contributed by atoms with E-state index in [1.54, 1.807) is 0 Å². The number of carbonyl (C=O) groups is 1. The van der Waals surface area contributed by atoms with Gasteiger partial charge in [-0.15, -0.1) is 0 Å². The van der Waals surface area contributed by atoms with E-state index in [9.17, 15) is 14.9 Å². The summed E-state index contributed by atoms with van der Waals surface area (Å²) in [5.41, 5.74) is 5.76. The first kappa shape index (κ1) is 16.9. The maximum absolute atomic E-state index is 12.0. The number of carbonyl (C=O) groups excluding carboxylic acids is 1. The number of benzene rings is 1. The van der Waals surface area contributed by atoms with Gasteiger partial charge in [-0.1, -0.05) is 26.2 Å². The van der Waals surface area contributed by atoms with Crippen LogP contribution in [0.25, 0.3) is 0 Å². The highest BCUT2D eigenvalue weighted by molar-refractivity contribution is 5.95. The highest BCUT2D eigenvalue weighted by Gasteiger charge is 2.17. The molecule has 0 heterocycles. The van der Waals surface area contributed by atoms with Gasteiger partial charge in [0.2, 0.25) is 0 Å². The smallest absolute Gasteiger partial charge is 0.340 e. The zero-order chi connectivity index (χ0) is 15.8. The van der Waals surface area contributed by atoms with Gasteiger partial charge < -0.3 is 10.5 Å². The van der Waals surface area contributed by atoms with E-state index in [2.05, 4.69) is 6.92 Å². The van der Waals surface area contributed by atoms with Crippen molar-refractivity contribution in [1.29, 1.82) is 0 Å². The third-order valence-corrected chi connectivity index (χ3v) is 3.24. The van der Waals surface area contributed by atoms with Gasteiger partial charge in [0, 0.05) is 12.1 Å². The van der Waals surface area contributed by atoms with Crippen molar-refractivity contribution in [3.05, 3.63) is 33.9 Å². The Labute approximate surface area is 124 Å². The zero-order valence-electron chi connectivity index (χ0n) is 12.5. The lowest BCUT2D eigenvalue weighted by Gasteiger charge is -2.14. The molecule has 0 aromatic heterocycles. The summed E-state index contributed by atoms with van der Waals surface area (Å²) in [4.78, 5) is 22.0. The van der Waals surface area contributed by atoms with Crippen LogP contribution >= 0.6 is 0 Å². The molecule has 0 saturated carbocycles. The Morgan fingerprint density at radius 1 is 1.38 bits per heavy atom. The van der Waals surface area contributed by atoms with Crippen molar-refractivity contribution >= 4 is 17.3 Å². The molecular formula is C15H22N2O4. The number of anilines is 1. The number of nitro groups is 1. The molecule has 0 spiro atoms. The summed E-state index contributed by atoms with van der Waals surface area (Å²) in [5, 5.41) is 10.6. The number of nitrogens with two attached hydrogens (primary N) is 1. The van der Waals surface area contributed by atoms with E-state index < -0.39 is 10.9 Å². The van der Waals surface area contributed by atoms with E-state index in [4.69, 9.17) is 10.5 Å². The van der Waals surface area contributed by atoms with Gasteiger partial charge in [0.25, 0.3) is 5.69 Å². The number of nitrogen functional groups attached to an aromatic ring is 1. The van der Waals surface area contributed by atoms with Crippen molar-refractivity contribution in [3.63, 3.8) is 0 Å². The fourth-order valence-corrected chi connectivity index (χ4v) is 2.01. The molecule has 6 heteroatoms. The number of rotatable bonds is 8. The Hall–Kier alpha value is -2.11. The van der Waals surface area contributed by atoms with Crippen LogP contribution < -0.4 is 5.73 Å². The van der Waals surface area contributed by atoms with Crippen LogP contribution in [-0.4, -0.2) is 17.0 Å². The molecule has 1 unspecified atom stereocenters. The van der Waals surface area contributed by atoms with Crippen LogP contribution in [0.4, 0.5) is 11.4 Å². The van der Waals surface area contributed by atoms with Gasteiger partial charge in [0.15, 0.2) is 0 Å². The van der Waals surface area contributed by atoms with Crippen LogP contribution in [0, 0.1) is 10.1 Å². The number of ether oxygens (including phenoxy) is 1. The second kappa shape index (κ2) is 8.24. The molecule has 0 aliphatic carbocycles. The van der Waals surface area contributed by atoms with E-state index >= 15 is 0 Å². The zero-order valence-corrected chi connectivity index (χ0v) is 12.5. The lowest BCUT2D eigenvalue weighted by molar-refractivity contribution is -0.384. The third kappa shape index (κ3) is 5.41. The van der Waals surface area contributed by atoms with Crippen LogP contribution in [0.3, 0.4) is 0 Å². The molecule has 0 aliphatic heterocycles. The molecule has 1 aromatic carbocycles. The highest BCUT2D eigenvalue weighted by Crippen LogP contribution is 2.21. The minimum Gasteiger partial charge on any atom is -0.459 e. The lowest BCUT2D eigenvalue weighted by atomic mass is 10.1. The van der Waals surface area contributed by atoms with Crippen molar-refractivity contribution in [2.24, 2.45) is 0 Å². The van der Waals surface area contributed by atoms with Crippen molar-refractivity contribution in [3.8, 4) is 0 Å². The second-order valence-corrected chi connectivity index (χ2v) is 5.09. The quantitative estimate of drug-likeness (QED) is 0.259. The predicted molar refractivity (Wildman–Crippen MR) is 81.1 cm³/mol. The van der Waals surface area contributed by atoms with Crippen LogP contribution in [0.1, 0.15) is 56.3 Å². The van der Waals surface area contributed by atoms with Crippen molar-refractivity contribution < 1.29 is 14.5 Å². The van der Waals surface area contributed by atoms with Gasteiger partial charge in [-0.25, -0.2) is 4.79 Å². The Morgan fingerprint density at radius 3 is 2.67 bits per heavy atom. The van der Waals surface area contributed by atoms with Crippen LogP contribution in [-0.2, 0) is 4.74 Å². The molecule has 1 atom stereocenters. The first-order valence-electron chi connectivity index (χ1n) is 7.20. The summed E-state index contributed by atoms with van der Waals surface area (Å²) >= 11 is 0. The molecule has 21 heavy (non-hydrogen) atoms. The average molecular weight is 294 g/mol.